The van der Waals surface area contributed by atoms with Gasteiger partial charge in [0, 0.05) is 18.0 Å². The molecule has 2 aromatic rings. The molecule has 2 amide bonds. The van der Waals surface area contributed by atoms with Crippen LogP contribution in [0.1, 0.15) is 23.5 Å². The minimum absolute atomic E-state index is 0.0957. The Morgan fingerprint density at radius 1 is 1.28 bits per heavy atom. The molecule has 0 saturated carbocycles. The largest absolute Gasteiger partial charge is 0.417 e. The molecule has 11 heteroatoms. The lowest BCUT2D eigenvalue weighted by Gasteiger charge is -2.25. The van der Waals surface area contributed by atoms with Crippen LogP contribution in [-0.4, -0.2) is 17.6 Å². The van der Waals surface area contributed by atoms with Crippen molar-refractivity contribution in [2.75, 3.05) is 11.1 Å². The third kappa shape index (κ3) is 5.41. The maximum absolute atomic E-state index is 14.2. The quantitative estimate of drug-likeness (QED) is 0.572. The van der Waals surface area contributed by atoms with Crippen LogP contribution in [0.2, 0.25) is 5.02 Å². The van der Waals surface area contributed by atoms with Crippen LogP contribution in [-0.2, 0) is 15.8 Å². The van der Waals surface area contributed by atoms with Crippen molar-refractivity contribution in [3.05, 3.63) is 75.0 Å². The molecule has 0 spiro atoms. The molecule has 1 aliphatic heterocycles. The van der Waals surface area contributed by atoms with E-state index in [4.69, 9.17) is 11.6 Å². The molecule has 5 nitrogen and oxygen atoms in total. The topological polar surface area (TPSA) is 82.0 Å². The van der Waals surface area contributed by atoms with Crippen LogP contribution >= 0.6 is 23.4 Å². The lowest BCUT2D eigenvalue weighted by atomic mass is 9.87. The van der Waals surface area contributed by atoms with Crippen LogP contribution < -0.4 is 10.6 Å². The summed E-state index contributed by atoms with van der Waals surface area (Å²) in [5.74, 6) is -2.81. The standard InChI is InChI=1S/C21H14ClF4N3O2S/c22-16-6-5-11(7-15(16)21(24,25)26)28-19(31)10-32-20-14(9-27)13(8-18(30)29-20)12-3-1-2-4-17(12)23/h1-7,13H,8,10H2,(H,28,31)(H,29,30)/t13-/m1/s1. The molecule has 0 fully saturated rings. The second-order valence-electron chi connectivity index (χ2n) is 6.71. The van der Waals surface area contributed by atoms with Gasteiger partial charge in [0.1, 0.15) is 5.82 Å². The van der Waals surface area contributed by atoms with E-state index < -0.39 is 40.3 Å². The number of halogens is 5. The predicted molar refractivity (Wildman–Crippen MR) is 112 cm³/mol. The summed E-state index contributed by atoms with van der Waals surface area (Å²) in [5.41, 5.74) is -0.925. The molecule has 2 N–H and O–H groups in total. The maximum Gasteiger partial charge on any atom is 0.417 e. The van der Waals surface area contributed by atoms with E-state index in [0.29, 0.717) is 6.07 Å². The molecule has 166 valence electrons. The first kappa shape index (κ1) is 23.6. The molecule has 3 rings (SSSR count). The number of amides is 2. The number of alkyl halides is 3. The highest BCUT2D eigenvalue weighted by Gasteiger charge is 2.34. The summed E-state index contributed by atoms with van der Waals surface area (Å²) >= 11 is 6.38. The van der Waals surface area contributed by atoms with Crippen molar-refractivity contribution in [3.8, 4) is 6.07 Å². The number of allylic oxidation sites excluding steroid dienone is 1. The molecule has 0 unspecified atom stereocenters. The van der Waals surface area contributed by atoms with Crippen molar-refractivity contribution in [2.45, 2.75) is 18.5 Å². The molecule has 1 heterocycles. The number of nitriles is 1. The Bertz CT molecular complexity index is 1140. The number of hydrogen-bond donors (Lipinski definition) is 2. The van der Waals surface area contributed by atoms with Gasteiger partial charge in [-0.1, -0.05) is 41.6 Å². The fourth-order valence-corrected chi connectivity index (χ4v) is 4.21. The Kier molecular flexibility index (Phi) is 7.11. The van der Waals surface area contributed by atoms with Gasteiger partial charge < -0.3 is 10.6 Å². The number of rotatable bonds is 5. The Balaban J connectivity index is 1.76. The molecule has 1 atom stereocenters. The van der Waals surface area contributed by atoms with E-state index in [2.05, 4.69) is 10.6 Å². The summed E-state index contributed by atoms with van der Waals surface area (Å²) in [6.45, 7) is 0. The van der Waals surface area contributed by atoms with Crippen molar-refractivity contribution in [1.82, 2.24) is 5.32 Å². The van der Waals surface area contributed by atoms with Gasteiger partial charge in [0.15, 0.2) is 0 Å². The zero-order valence-corrected chi connectivity index (χ0v) is 17.7. The van der Waals surface area contributed by atoms with Gasteiger partial charge in [-0.2, -0.15) is 18.4 Å². The van der Waals surface area contributed by atoms with E-state index in [1.54, 1.807) is 6.07 Å². The Hall–Kier alpha value is -3.03. The van der Waals surface area contributed by atoms with Crippen LogP contribution in [0.5, 0.6) is 0 Å². The van der Waals surface area contributed by atoms with Gasteiger partial charge in [-0.05, 0) is 29.8 Å². The van der Waals surface area contributed by atoms with Crippen LogP contribution in [0.15, 0.2) is 53.1 Å². The average molecular weight is 484 g/mol. The normalized spacial score (nSPS) is 16.4. The van der Waals surface area contributed by atoms with Crippen molar-refractivity contribution in [3.63, 3.8) is 0 Å². The van der Waals surface area contributed by atoms with Crippen LogP contribution in [0.3, 0.4) is 0 Å². The van der Waals surface area contributed by atoms with Crippen LogP contribution in [0, 0.1) is 17.1 Å². The van der Waals surface area contributed by atoms with E-state index in [0.717, 1.165) is 17.8 Å². The van der Waals surface area contributed by atoms with Crippen molar-refractivity contribution in [2.24, 2.45) is 0 Å². The summed E-state index contributed by atoms with van der Waals surface area (Å²) < 4.78 is 53.1. The number of nitrogens with zero attached hydrogens (tertiary/aromatic N) is 1. The Labute approximate surface area is 189 Å². The number of carbonyl (C=O) groups is 2. The summed E-state index contributed by atoms with van der Waals surface area (Å²) in [7, 11) is 0. The lowest BCUT2D eigenvalue weighted by molar-refractivity contribution is -0.137. The first-order valence-corrected chi connectivity index (χ1v) is 10.4. The molecule has 32 heavy (non-hydrogen) atoms. The number of thioether (sulfide) groups is 1. The zero-order chi connectivity index (χ0) is 23.5. The third-order valence-corrected chi connectivity index (χ3v) is 5.89. The number of carbonyl (C=O) groups excluding carboxylic acids is 2. The highest BCUT2D eigenvalue weighted by Crippen LogP contribution is 2.38. The second kappa shape index (κ2) is 9.63. The van der Waals surface area contributed by atoms with Crippen molar-refractivity contribution < 1.29 is 27.2 Å². The molecule has 0 aromatic heterocycles. The minimum Gasteiger partial charge on any atom is -0.325 e. The molecule has 2 aromatic carbocycles. The van der Waals surface area contributed by atoms with Gasteiger partial charge in [-0.25, -0.2) is 4.39 Å². The fourth-order valence-electron chi connectivity index (χ4n) is 3.11. The Morgan fingerprint density at radius 2 is 2.00 bits per heavy atom. The second-order valence-corrected chi connectivity index (χ2v) is 8.10. The van der Waals surface area contributed by atoms with E-state index in [-0.39, 0.29) is 34.0 Å². The van der Waals surface area contributed by atoms with E-state index >= 15 is 0 Å². The molecule has 1 aliphatic rings. The minimum atomic E-state index is -4.69. The zero-order valence-electron chi connectivity index (χ0n) is 16.1. The maximum atomic E-state index is 14.2. The highest BCUT2D eigenvalue weighted by atomic mass is 35.5. The smallest absolute Gasteiger partial charge is 0.325 e. The van der Waals surface area contributed by atoms with Gasteiger partial charge in [0.25, 0.3) is 0 Å². The van der Waals surface area contributed by atoms with Gasteiger partial charge >= 0.3 is 6.18 Å². The molecule has 0 radical (unpaired) electrons. The molecule has 0 aliphatic carbocycles. The number of anilines is 1. The molecule has 0 saturated heterocycles. The van der Waals surface area contributed by atoms with Crippen LogP contribution in [0.25, 0.3) is 0 Å². The van der Waals surface area contributed by atoms with Crippen molar-refractivity contribution >= 4 is 40.9 Å². The lowest BCUT2D eigenvalue weighted by Crippen LogP contribution is -2.31. The number of nitrogens with one attached hydrogen (secondary N) is 2. The highest BCUT2D eigenvalue weighted by molar-refractivity contribution is 8.03. The van der Waals surface area contributed by atoms with Gasteiger partial charge in [0.05, 0.1) is 33.0 Å². The van der Waals surface area contributed by atoms with Gasteiger partial charge in [-0.15, -0.1) is 0 Å². The molecular weight excluding hydrogens is 470 g/mol. The molecular formula is C21H14ClF4N3O2S. The fraction of sp³-hybridized carbons (Fsp3) is 0.190. The van der Waals surface area contributed by atoms with E-state index in [9.17, 15) is 32.4 Å². The SMILES string of the molecule is N#CC1=C(SCC(=O)Nc2ccc(Cl)c(C(F)(F)F)c2)NC(=O)C[C@@H]1c1ccccc1F. The van der Waals surface area contributed by atoms with Gasteiger partial charge in [0.2, 0.25) is 11.8 Å². The first-order valence-electron chi connectivity index (χ1n) is 9.08. The summed E-state index contributed by atoms with van der Waals surface area (Å²) in [4.78, 5) is 24.4. The summed E-state index contributed by atoms with van der Waals surface area (Å²) in [5, 5.41) is 14.0. The molecule has 0 bridgehead atoms. The van der Waals surface area contributed by atoms with E-state index in [1.807, 2.05) is 6.07 Å². The summed E-state index contributed by atoms with van der Waals surface area (Å²) in [6.07, 6.45) is -4.82. The van der Waals surface area contributed by atoms with Crippen LogP contribution in [0.4, 0.5) is 23.2 Å². The Morgan fingerprint density at radius 3 is 2.66 bits per heavy atom. The number of benzene rings is 2. The number of hydrogen-bond acceptors (Lipinski definition) is 4. The summed E-state index contributed by atoms with van der Waals surface area (Å²) in [6, 6.07) is 10.7. The van der Waals surface area contributed by atoms with Gasteiger partial charge in [-0.3, -0.25) is 9.59 Å². The van der Waals surface area contributed by atoms with E-state index in [1.165, 1.54) is 24.3 Å². The first-order chi connectivity index (χ1) is 15.1. The average Bonchev–Trinajstić information content (AvgIpc) is 2.72. The van der Waals surface area contributed by atoms with Crippen molar-refractivity contribution in [1.29, 1.82) is 5.26 Å². The predicted octanol–water partition coefficient (Wildman–Crippen LogP) is 5.21. The third-order valence-electron chi connectivity index (χ3n) is 4.54. The monoisotopic (exact) mass is 483 g/mol.